The Labute approximate surface area is 75.6 Å². The normalized spacial score (nSPS) is 9.10. The average molecular weight is 178 g/mol. The van der Waals surface area contributed by atoms with Crippen LogP contribution in [0, 0.1) is 7.05 Å². The molecule has 0 atom stereocenters. The Balaban J connectivity index is 0. The van der Waals surface area contributed by atoms with Crippen LogP contribution in [0.3, 0.4) is 0 Å². The summed E-state index contributed by atoms with van der Waals surface area (Å²) in [5, 5.41) is 2.68. The summed E-state index contributed by atoms with van der Waals surface area (Å²) < 4.78 is 0. The second kappa shape index (κ2) is 8.92. The molecule has 3 heteroatoms. The molecule has 59 valence electrons. The number of hydrogen-bond donors (Lipinski definition) is 1. The third-order valence-electron chi connectivity index (χ3n) is 1.02. The molecule has 10 heavy (non-hydrogen) atoms. The topological polar surface area (TPSA) is 15.3 Å². The zero-order valence-corrected chi connectivity index (χ0v) is 8.07. The zero-order valence-electron chi connectivity index (χ0n) is 6.67. The van der Waals surface area contributed by atoms with Crippen LogP contribution in [0.4, 0.5) is 0 Å². The molecule has 0 aromatic rings. The third-order valence-corrected chi connectivity index (χ3v) is 1.02. The van der Waals surface area contributed by atoms with Crippen molar-refractivity contribution in [3.8, 4) is 0 Å². The maximum Gasteiger partial charge on any atom is 0.0167 e. The Morgan fingerprint density at radius 2 is 2.20 bits per heavy atom. The van der Waals surface area contributed by atoms with Crippen LogP contribution in [0.2, 0.25) is 0 Å². The van der Waals surface area contributed by atoms with Gasteiger partial charge in [0.15, 0.2) is 0 Å². The van der Waals surface area contributed by atoms with Gasteiger partial charge in [0.25, 0.3) is 0 Å². The molecule has 0 saturated carbocycles. The number of nitrogens with one attached hydrogen (secondary N) is 1. The van der Waals surface area contributed by atoms with Gasteiger partial charge in [0.05, 0.1) is 0 Å². The molecule has 0 saturated heterocycles. The molecule has 1 radical (unpaired) electrons. The van der Waals surface area contributed by atoms with E-state index < -0.39 is 0 Å². The van der Waals surface area contributed by atoms with Gasteiger partial charge >= 0.3 is 0 Å². The summed E-state index contributed by atoms with van der Waals surface area (Å²) in [5.41, 5.74) is 0. The minimum atomic E-state index is 0. The Morgan fingerprint density at radius 1 is 1.60 bits per heavy atom. The quantitative estimate of drug-likeness (QED) is 0.650. The van der Waals surface area contributed by atoms with E-state index >= 15 is 0 Å². The summed E-state index contributed by atoms with van der Waals surface area (Å²) in [6.07, 6.45) is 4.96. The summed E-state index contributed by atoms with van der Waals surface area (Å²) in [4.78, 5) is 2.11. The van der Waals surface area contributed by atoms with Gasteiger partial charge in [-0.25, -0.2) is 0 Å². The molecule has 0 aromatic carbocycles. The van der Waals surface area contributed by atoms with Crippen LogP contribution in [0.1, 0.15) is 13.3 Å². The van der Waals surface area contributed by atoms with Crippen molar-refractivity contribution in [2.75, 3.05) is 13.6 Å². The fourth-order valence-corrected chi connectivity index (χ4v) is 0.607. The Morgan fingerprint density at radius 3 is 2.60 bits per heavy atom. The van der Waals surface area contributed by atoms with Crippen molar-refractivity contribution >= 4 is 0 Å². The maximum absolute atomic E-state index is 3.45. The van der Waals surface area contributed by atoms with E-state index in [9.17, 15) is 0 Å². The van der Waals surface area contributed by atoms with E-state index in [-0.39, 0.29) is 18.6 Å². The second-order valence-corrected chi connectivity index (χ2v) is 2.00. The number of nitrogens with zero attached hydrogens (tertiary/aromatic N) is 1. The SMILES string of the molecule is [CH2-]N/C=C\N(C)CCC.[V]. The molecule has 0 aliphatic rings. The van der Waals surface area contributed by atoms with Gasteiger partial charge in [-0.1, -0.05) is 6.92 Å². The molecule has 0 unspecified atom stereocenters. The largest absolute Gasteiger partial charge is 0.543 e. The van der Waals surface area contributed by atoms with Gasteiger partial charge in [0, 0.05) is 38.3 Å². The first kappa shape index (κ1) is 12.6. The summed E-state index contributed by atoms with van der Waals surface area (Å²) in [6.45, 7) is 3.25. The first-order valence-corrected chi connectivity index (χ1v) is 3.20. The smallest absolute Gasteiger partial charge is 0.0167 e. The van der Waals surface area contributed by atoms with E-state index in [1.54, 1.807) is 0 Å². The summed E-state index contributed by atoms with van der Waals surface area (Å²) >= 11 is 0. The third kappa shape index (κ3) is 7.92. The molecule has 1 N–H and O–H groups in total. The van der Waals surface area contributed by atoms with Gasteiger partial charge in [-0.15, -0.1) is 0 Å². The van der Waals surface area contributed by atoms with Gasteiger partial charge in [0.2, 0.25) is 0 Å². The molecule has 0 spiro atoms. The van der Waals surface area contributed by atoms with Crippen LogP contribution in [0.5, 0.6) is 0 Å². The first-order chi connectivity index (χ1) is 4.31. The molecule has 0 rings (SSSR count). The maximum atomic E-state index is 3.45. The van der Waals surface area contributed by atoms with Crippen LogP contribution in [-0.2, 0) is 18.6 Å². The average Bonchev–Trinajstić information content (AvgIpc) is 1.85. The van der Waals surface area contributed by atoms with Crippen LogP contribution in [0.15, 0.2) is 12.4 Å². The van der Waals surface area contributed by atoms with Crippen molar-refractivity contribution < 1.29 is 18.6 Å². The number of hydrogen-bond acceptors (Lipinski definition) is 2. The van der Waals surface area contributed by atoms with Crippen LogP contribution in [-0.4, -0.2) is 18.5 Å². The van der Waals surface area contributed by atoms with Crippen molar-refractivity contribution in [3.63, 3.8) is 0 Å². The monoisotopic (exact) mass is 178 g/mol. The van der Waals surface area contributed by atoms with Gasteiger partial charge in [-0.2, -0.15) is 0 Å². The minimum absolute atomic E-state index is 0. The minimum Gasteiger partial charge on any atom is -0.543 e. The van der Waals surface area contributed by atoms with E-state index in [2.05, 4.69) is 24.2 Å². The zero-order chi connectivity index (χ0) is 7.11. The summed E-state index contributed by atoms with van der Waals surface area (Å²) in [5.74, 6) is 0. The van der Waals surface area contributed by atoms with Gasteiger partial charge in [-0.3, -0.25) is 7.05 Å². The molecule has 0 fully saturated rings. The molecule has 0 aromatic heterocycles. The standard InChI is InChI=1S/C7H15N2.V/c1-4-6-9(3)7-5-8-2;/h5,7-8H,2,4,6H2,1,3H3;/q-1;/b7-5-;. The van der Waals surface area contributed by atoms with Crippen molar-refractivity contribution in [3.05, 3.63) is 19.4 Å². The Hall–Kier alpha value is -0.0756. The Bertz CT molecular complexity index is 83.7. The van der Waals surface area contributed by atoms with E-state index in [4.69, 9.17) is 0 Å². The molecule has 0 bridgehead atoms. The van der Waals surface area contributed by atoms with Crippen LogP contribution >= 0.6 is 0 Å². The second-order valence-electron chi connectivity index (χ2n) is 2.00. The predicted octanol–water partition coefficient (Wildman–Crippen LogP) is 1.18. The fourth-order valence-electron chi connectivity index (χ4n) is 0.607. The van der Waals surface area contributed by atoms with Crippen LogP contribution < -0.4 is 5.32 Å². The number of rotatable bonds is 4. The van der Waals surface area contributed by atoms with Crippen molar-refractivity contribution in [1.82, 2.24) is 10.2 Å². The molecule has 2 nitrogen and oxygen atoms in total. The first-order valence-electron chi connectivity index (χ1n) is 3.20. The Kier molecular flexibility index (Phi) is 11.2. The van der Waals surface area contributed by atoms with Crippen molar-refractivity contribution in [2.24, 2.45) is 0 Å². The van der Waals surface area contributed by atoms with E-state index in [1.165, 1.54) is 6.42 Å². The van der Waals surface area contributed by atoms with E-state index in [0.29, 0.717) is 0 Å². The van der Waals surface area contributed by atoms with Crippen molar-refractivity contribution in [2.45, 2.75) is 13.3 Å². The molecule has 0 aliphatic heterocycles. The van der Waals surface area contributed by atoms with Crippen LogP contribution in [0.25, 0.3) is 0 Å². The molecular formula is C7H15N2V-. The van der Waals surface area contributed by atoms with Gasteiger partial charge in [0.1, 0.15) is 0 Å². The molecule has 0 heterocycles. The van der Waals surface area contributed by atoms with Gasteiger partial charge in [-0.05, 0) is 12.6 Å². The summed E-state index contributed by atoms with van der Waals surface area (Å²) in [7, 11) is 5.49. The van der Waals surface area contributed by atoms with Gasteiger partial charge < -0.3 is 10.2 Å². The predicted molar refractivity (Wildman–Crippen MR) is 40.6 cm³/mol. The van der Waals surface area contributed by atoms with E-state index in [1.807, 2.05) is 19.4 Å². The van der Waals surface area contributed by atoms with E-state index in [0.717, 1.165) is 6.54 Å². The molecule has 0 aliphatic carbocycles. The molecule has 0 amide bonds. The molecular weight excluding hydrogens is 163 g/mol. The summed E-state index contributed by atoms with van der Waals surface area (Å²) in [6, 6.07) is 0. The fraction of sp³-hybridized carbons (Fsp3) is 0.571. The van der Waals surface area contributed by atoms with Crippen molar-refractivity contribution in [1.29, 1.82) is 0 Å².